The topological polar surface area (TPSA) is 31.4 Å². The Morgan fingerprint density at radius 1 is 1.35 bits per heavy atom. The number of halogens is 6. The lowest BCUT2D eigenvalue weighted by Gasteiger charge is -2.13. The van der Waals surface area contributed by atoms with E-state index < -0.39 is 30.1 Å². The number of aromatic nitrogens is 1. The van der Waals surface area contributed by atoms with Gasteiger partial charge < -0.3 is 9.47 Å². The zero-order valence-electron chi connectivity index (χ0n) is 8.19. The van der Waals surface area contributed by atoms with Gasteiger partial charge in [-0.2, -0.15) is 0 Å². The summed E-state index contributed by atoms with van der Waals surface area (Å²) in [5.74, 6) is -1.40. The Morgan fingerprint density at radius 2 is 1.94 bits per heavy atom. The molecule has 1 heterocycles. The Kier molecular flexibility index (Phi) is 4.33. The summed E-state index contributed by atoms with van der Waals surface area (Å²) in [4.78, 5) is 3.27. The SMILES string of the molecule is COc1nc(C(F)F)c(I)cc1OC(F)(F)F. The van der Waals surface area contributed by atoms with Gasteiger partial charge in [0.25, 0.3) is 12.3 Å². The first kappa shape index (κ1) is 14.2. The Labute approximate surface area is 106 Å². The van der Waals surface area contributed by atoms with E-state index in [1.807, 2.05) is 0 Å². The van der Waals surface area contributed by atoms with E-state index in [4.69, 9.17) is 0 Å². The summed E-state index contributed by atoms with van der Waals surface area (Å²) in [6.45, 7) is 0. The molecule has 0 fully saturated rings. The van der Waals surface area contributed by atoms with Crippen LogP contribution < -0.4 is 9.47 Å². The Bertz CT molecular complexity index is 410. The summed E-state index contributed by atoms with van der Waals surface area (Å²) >= 11 is 1.44. The second-order valence-electron chi connectivity index (χ2n) is 2.71. The summed E-state index contributed by atoms with van der Waals surface area (Å²) in [5, 5.41) is 0. The van der Waals surface area contributed by atoms with E-state index in [0.29, 0.717) is 0 Å². The molecule has 3 nitrogen and oxygen atoms in total. The van der Waals surface area contributed by atoms with Crippen LogP contribution in [0.15, 0.2) is 6.07 Å². The molecule has 96 valence electrons. The van der Waals surface area contributed by atoms with Gasteiger partial charge in [-0.05, 0) is 22.6 Å². The van der Waals surface area contributed by atoms with E-state index >= 15 is 0 Å². The van der Waals surface area contributed by atoms with Gasteiger partial charge in [0.2, 0.25) is 0 Å². The molecular formula is C8H5F5INO2. The number of hydrogen-bond acceptors (Lipinski definition) is 3. The largest absolute Gasteiger partial charge is 0.573 e. The van der Waals surface area contributed by atoms with Gasteiger partial charge in [0.15, 0.2) is 5.75 Å². The van der Waals surface area contributed by atoms with Crippen LogP contribution in [0.4, 0.5) is 22.0 Å². The molecule has 0 unspecified atom stereocenters. The highest BCUT2D eigenvalue weighted by Gasteiger charge is 2.33. The maximum Gasteiger partial charge on any atom is 0.573 e. The monoisotopic (exact) mass is 369 g/mol. The second kappa shape index (κ2) is 5.19. The van der Waals surface area contributed by atoms with Crippen molar-refractivity contribution in [1.82, 2.24) is 4.98 Å². The molecule has 0 spiro atoms. The predicted molar refractivity (Wildman–Crippen MR) is 55.1 cm³/mol. The molecule has 0 aromatic carbocycles. The predicted octanol–water partition coefficient (Wildman–Crippen LogP) is 3.53. The minimum atomic E-state index is -4.94. The molecule has 0 aliphatic heterocycles. The highest BCUT2D eigenvalue weighted by Crippen LogP contribution is 2.35. The number of alkyl halides is 5. The maximum absolute atomic E-state index is 12.4. The average Bonchev–Trinajstić information content (AvgIpc) is 2.14. The summed E-state index contributed by atoms with van der Waals surface area (Å²) < 4.78 is 68.8. The smallest absolute Gasteiger partial charge is 0.478 e. The molecule has 0 N–H and O–H groups in total. The van der Waals surface area contributed by atoms with Crippen LogP contribution in [-0.2, 0) is 0 Å². The van der Waals surface area contributed by atoms with Crippen LogP contribution in [0, 0.1) is 3.57 Å². The van der Waals surface area contributed by atoms with Crippen LogP contribution in [0.3, 0.4) is 0 Å². The molecule has 1 aromatic heterocycles. The Hall–Kier alpha value is -0.870. The molecule has 0 saturated carbocycles. The number of pyridine rings is 1. The van der Waals surface area contributed by atoms with Crippen LogP contribution in [0.1, 0.15) is 12.1 Å². The van der Waals surface area contributed by atoms with Crippen molar-refractivity contribution in [3.63, 3.8) is 0 Å². The molecule has 1 rings (SSSR count). The van der Waals surface area contributed by atoms with Gasteiger partial charge in [0.05, 0.1) is 7.11 Å². The maximum atomic E-state index is 12.4. The standard InChI is InChI=1S/C8H5F5INO2/c1-16-7-4(17-8(11,12)13)2-3(14)5(15-7)6(9)10/h2,6H,1H3. The minimum Gasteiger partial charge on any atom is -0.478 e. The van der Waals surface area contributed by atoms with Gasteiger partial charge in [-0.1, -0.05) is 0 Å². The highest BCUT2D eigenvalue weighted by atomic mass is 127. The first-order chi connectivity index (χ1) is 7.74. The lowest BCUT2D eigenvalue weighted by Crippen LogP contribution is -2.18. The van der Waals surface area contributed by atoms with Gasteiger partial charge >= 0.3 is 6.36 Å². The number of nitrogens with zero attached hydrogens (tertiary/aromatic N) is 1. The average molecular weight is 369 g/mol. The Balaban J connectivity index is 3.19. The third kappa shape index (κ3) is 3.82. The second-order valence-corrected chi connectivity index (χ2v) is 3.87. The van der Waals surface area contributed by atoms with Crippen molar-refractivity contribution >= 4 is 22.6 Å². The van der Waals surface area contributed by atoms with E-state index in [1.54, 1.807) is 0 Å². The van der Waals surface area contributed by atoms with Gasteiger partial charge in [0, 0.05) is 9.64 Å². The number of rotatable bonds is 3. The molecule has 0 saturated heterocycles. The third-order valence-corrected chi connectivity index (χ3v) is 2.43. The van der Waals surface area contributed by atoms with E-state index in [2.05, 4.69) is 14.5 Å². The summed E-state index contributed by atoms with van der Waals surface area (Å²) in [6, 6.07) is 0.793. The van der Waals surface area contributed by atoms with Crippen LogP contribution in [0.25, 0.3) is 0 Å². The number of methoxy groups -OCH3 is 1. The molecule has 0 aliphatic rings. The molecular weight excluding hydrogens is 364 g/mol. The van der Waals surface area contributed by atoms with Gasteiger partial charge in [-0.25, -0.2) is 13.8 Å². The molecule has 0 aliphatic carbocycles. The fraction of sp³-hybridized carbons (Fsp3) is 0.375. The van der Waals surface area contributed by atoms with Crippen LogP contribution in [0.5, 0.6) is 11.6 Å². The van der Waals surface area contributed by atoms with E-state index in [-0.39, 0.29) is 3.57 Å². The van der Waals surface area contributed by atoms with E-state index in [0.717, 1.165) is 13.2 Å². The van der Waals surface area contributed by atoms with Gasteiger partial charge in [0.1, 0.15) is 5.69 Å². The van der Waals surface area contributed by atoms with E-state index in [1.165, 1.54) is 22.6 Å². The van der Waals surface area contributed by atoms with Crippen molar-refractivity contribution in [3.05, 3.63) is 15.3 Å². The molecule has 0 bridgehead atoms. The van der Waals surface area contributed by atoms with Crippen molar-refractivity contribution in [3.8, 4) is 11.6 Å². The van der Waals surface area contributed by atoms with Crippen molar-refractivity contribution in [1.29, 1.82) is 0 Å². The summed E-state index contributed by atoms with van der Waals surface area (Å²) in [6.07, 6.45) is -7.85. The van der Waals surface area contributed by atoms with Gasteiger partial charge in [-0.15, -0.1) is 13.2 Å². The van der Waals surface area contributed by atoms with Crippen LogP contribution in [-0.4, -0.2) is 18.5 Å². The van der Waals surface area contributed by atoms with Gasteiger partial charge in [-0.3, -0.25) is 0 Å². The summed E-state index contributed by atoms with van der Waals surface area (Å²) in [5.41, 5.74) is -0.656. The van der Waals surface area contributed by atoms with Crippen molar-refractivity contribution < 1.29 is 31.4 Å². The quantitative estimate of drug-likeness (QED) is 0.604. The number of hydrogen-bond donors (Lipinski definition) is 0. The van der Waals surface area contributed by atoms with Crippen molar-refractivity contribution in [2.45, 2.75) is 12.8 Å². The molecule has 1 aromatic rings. The van der Waals surface area contributed by atoms with Crippen LogP contribution >= 0.6 is 22.6 Å². The lowest BCUT2D eigenvalue weighted by atomic mass is 10.3. The molecule has 0 amide bonds. The van der Waals surface area contributed by atoms with E-state index in [9.17, 15) is 22.0 Å². The molecule has 9 heteroatoms. The fourth-order valence-electron chi connectivity index (χ4n) is 0.966. The van der Waals surface area contributed by atoms with Crippen molar-refractivity contribution in [2.75, 3.05) is 7.11 Å². The zero-order chi connectivity index (χ0) is 13.2. The van der Waals surface area contributed by atoms with Crippen LogP contribution in [0.2, 0.25) is 0 Å². The molecule has 17 heavy (non-hydrogen) atoms. The normalized spacial score (nSPS) is 11.8. The third-order valence-electron chi connectivity index (χ3n) is 1.56. The Morgan fingerprint density at radius 3 is 2.35 bits per heavy atom. The molecule has 0 atom stereocenters. The lowest BCUT2D eigenvalue weighted by molar-refractivity contribution is -0.275. The number of ether oxygens (including phenoxy) is 2. The zero-order valence-corrected chi connectivity index (χ0v) is 10.3. The molecule has 0 radical (unpaired) electrons. The highest BCUT2D eigenvalue weighted by molar-refractivity contribution is 14.1. The first-order valence-electron chi connectivity index (χ1n) is 4.03. The summed E-state index contributed by atoms with van der Waals surface area (Å²) in [7, 11) is 1.01. The fourth-order valence-corrected chi connectivity index (χ4v) is 1.60. The first-order valence-corrected chi connectivity index (χ1v) is 5.10. The van der Waals surface area contributed by atoms with Crippen molar-refractivity contribution in [2.24, 2.45) is 0 Å². The minimum absolute atomic E-state index is 0.141.